The number of methoxy groups -OCH3 is 1. The first-order valence-electron chi connectivity index (χ1n) is 5.54. The summed E-state index contributed by atoms with van der Waals surface area (Å²) in [5.41, 5.74) is 0.843. The Bertz CT molecular complexity index is 596. The lowest BCUT2D eigenvalue weighted by molar-refractivity contribution is 0.102. The molecule has 19 heavy (non-hydrogen) atoms. The topological polar surface area (TPSA) is 58.6 Å². The molecule has 0 atom stereocenters. The number of carbonyl (C=O) groups excluding carboxylic acids is 1. The van der Waals surface area contributed by atoms with E-state index in [0.717, 1.165) is 0 Å². The maximum Gasteiger partial charge on any atom is 0.259 e. The minimum Gasteiger partial charge on any atom is -0.506 e. The SMILES string of the molecule is COc1ccc(NC(=O)c2cccc(Br)c2O)cc1. The predicted octanol–water partition coefficient (Wildman–Crippen LogP) is 3.42. The lowest BCUT2D eigenvalue weighted by Crippen LogP contribution is -2.12. The summed E-state index contributed by atoms with van der Waals surface area (Å²) in [7, 11) is 1.58. The maximum absolute atomic E-state index is 12.0. The molecule has 0 saturated carbocycles. The Morgan fingerprint density at radius 3 is 2.53 bits per heavy atom. The van der Waals surface area contributed by atoms with E-state index in [4.69, 9.17) is 4.74 Å². The van der Waals surface area contributed by atoms with Gasteiger partial charge in [0.1, 0.15) is 11.5 Å². The van der Waals surface area contributed by atoms with Gasteiger partial charge in [0, 0.05) is 5.69 Å². The summed E-state index contributed by atoms with van der Waals surface area (Å²) in [6.07, 6.45) is 0. The van der Waals surface area contributed by atoms with Crippen LogP contribution in [0.3, 0.4) is 0 Å². The highest BCUT2D eigenvalue weighted by Crippen LogP contribution is 2.28. The van der Waals surface area contributed by atoms with Crippen LogP contribution in [0.25, 0.3) is 0 Å². The van der Waals surface area contributed by atoms with Crippen molar-refractivity contribution in [3.63, 3.8) is 0 Å². The molecule has 0 unspecified atom stereocenters. The first-order valence-corrected chi connectivity index (χ1v) is 6.34. The second-order valence-electron chi connectivity index (χ2n) is 3.82. The van der Waals surface area contributed by atoms with Gasteiger partial charge in [0.15, 0.2) is 0 Å². The van der Waals surface area contributed by atoms with Gasteiger partial charge in [-0.1, -0.05) is 6.07 Å². The van der Waals surface area contributed by atoms with E-state index in [1.165, 1.54) is 0 Å². The van der Waals surface area contributed by atoms with Crippen molar-refractivity contribution in [3.05, 3.63) is 52.5 Å². The second-order valence-corrected chi connectivity index (χ2v) is 4.67. The zero-order valence-corrected chi connectivity index (χ0v) is 11.8. The number of phenolic OH excluding ortho intramolecular Hbond substituents is 1. The number of hydrogen-bond donors (Lipinski definition) is 2. The molecule has 0 bridgehead atoms. The summed E-state index contributed by atoms with van der Waals surface area (Å²) in [6.45, 7) is 0. The number of aromatic hydroxyl groups is 1. The minimum absolute atomic E-state index is 0.0755. The van der Waals surface area contributed by atoms with E-state index in [9.17, 15) is 9.90 Å². The molecule has 2 N–H and O–H groups in total. The maximum atomic E-state index is 12.0. The molecule has 0 saturated heterocycles. The molecule has 0 fully saturated rings. The van der Waals surface area contributed by atoms with Gasteiger partial charge in [0.25, 0.3) is 5.91 Å². The molecule has 0 aliphatic heterocycles. The number of para-hydroxylation sites is 1. The van der Waals surface area contributed by atoms with E-state index in [-0.39, 0.29) is 17.2 Å². The van der Waals surface area contributed by atoms with E-state index < -0.39 is 0 Å². The molecule has 0 heterocycles. The van der Waals surface area contributed by atoms with Crippen LogP contribution in [0, 0.1) is 0 Å². The first kappa shape index (κ1) is 13.4. The number of nitrogens with one attached hydrogen (secondary N) is 1. The lowest BCUT2D eigenvalue weighted by atomic mass is 10.2. The molecule has 0 spiro atoms. The van der Waals surface area contributed by atoms with Crippen molar-refractivity contribution in [2.45, 2.75) is 0 Å². The fourth-order valence-electron chi connectivity index (χ4n) is 1.57. The van der Waals surface area contributed by atoms with Crippen LogP contribution in [0.15, 0.2) is 46.9 Å². The van der Waals surface area contributed by atoms with Crippen LogP contribution in [0.2, 0.25) is 0 Å². The van der Waals surface area contributed by atoms with Crippen molar-refractivity contribution < 1.29 is 14.6 Å². The van der Waals surface area contributed by atoms with E-state index in [1.807, 2.05) is 0 Å². The summed E-state index contributed by atoms with van der Waals surface area (Å²) in [5.74, 6) is 0.265. The van der Waals surface area contributed by atoms with Gasteiger partial charge in [-0.2, -0.15) is 0 Å². The van der Waals surface area contributed by atoms with Crippen LogP contribution in [0.1, 0.15) is 10.4 Å². The van der Waals surface area contributed by atoms with Crippen molar-refractivity contribution in [2.75, 3.05) is 12.4 Å². The third-order valence-electron chi connectivity index (χ3n) is 2.58. The number of halogens is 1. The van der Waals surface area contributed by atoms with Crippen molar-refractivity contribution in [1.82, 2.24) is 0 Å². The van der Waals surface area contributed by atoms with E-state index in [2.05, 4.69) is 21.2 Å². The molecule has 2 rings (SSSR count). The Kier molecular flexibility index (Phi) is 4.06. The number of benzene rings is 2. The van der Waals surface area contributed by atoms with Crippen molar-refractivity contribution >= 4 is 27.5 Å². The van der Waals surface area contributed by atoms with Crippen molar-refractivity contribution in [1.29, 1.82) is 0 Å². The number of ether oxygens (including phenoxy) is 1. The number of rotatable bonds is 3. The van der Waals surface area contributed by atoms with Gasteiger partial charge >= 0.3 is 0 Å². The summed E-state index contributed by atoms with van der Waals surface area (Å²) in [6, 6.07) is 11.9. The average molecular weight is 322 g/mol. The molecular formula is C14H12BrNO3. The highest BCUT2D eigenvalue weighted by molar-refractivity contribution is 9.10. The smallest absolute Gasteiger partial charge is 0.259 e. The van der Waals surface area contributed by atoms with Crippen LogP contribution >= 0.6 is 15.9 Å². The number of hydrogen-bond acceptors (Lipinski definition) is 3. The minimum atomic E-state index is -0.371. The second kappa shape index (κ2) is 5.75. The fourth-order valence-corrected chi connectivity index (χ4v) is 1.94. The molecule has 0 radical (unpaired) electrons. The number of anilines is 1. The number of phenols is 1. The van der Waals surface area contributed by atoms with Gasteiger partial charge in [-0.25, -0.2) is 0 Å². The standard InChI is InChI=1S/C14H12BrNO3/c1-19-10-7-5-9(6-8-10)16-14(18)11-3-2-4-12(15)13(11)17/h2-8,17H,1H3,(H,16,18). The summed E-state index contributed by atoms with van der Waals surface area (Å²) < 4.78 is 5.52. The largest absolute Gasteiger partial charge is 0.506 e. The van der Waals surface area contributed by atoms with Crippen LogP contribution in [-0.4, -0.2) is 18.1 Å². The predicted molar refractivity (Wildman–Crippen MR) is 76.8 cm³/mol. The van der Waals surface area contributed by atoms with E-state index >= 15 is 0 Å². The monoisotopic (exact) mass is 321 g/mol. The molecule has 0 aliphatic rings. The number of carbonyl (C=O) groups is 1. The molecule has 5 heteroatoms. The molecule has 2 aromatic carbocycles. The Hall–Kier alpha value is -2.01. The number of amides is 1. The lowest BCUT2D eigenvalue weighted by Gasteiger charge is -2.08. The van der Waals surface area contributed by atoms with Crippen molar-refractivity contribution in [2.24, 2.45) is 0 Å². The fraction of sp³-hybridized carbons (Fsp3) is 0.0714. The molecule has 1 amide bonds. The van der Waals surface area contributed by atoms with E-state index in [1.54, 1.807) is 49.6 Å². The van der Waals surface area contributed by atoms with Gasteiger partial charge in [-0.05, 0) is 52.3 Å². The molecule has 0 aromatic heterocycles. The molecule has 98 valence electrons. The van der Waals surface area contributed by atoms with Crippen LogP contribution < -0.4 is 10.1 Å². The zero-order chi connectivity index (χ0) is 13.8. The van der Waals surface area contributed by atoms with Crippen LogP contribution in [0.5, 0.6) is 11.5 Å². The van der Waals surface area contributed by atoms with Crippen LogP contribution in [0.4, 0.5) is 5.69 Å². The summed E-state index contributed by atoms with van der Waals surface area (Å²) in [4.78, 5) is 12.0. The third kappa shape index (κ3) is 3.06. The Labute approximate surface area is 119 Å². The Morgan fingerprint density at radius 2 is 1.89 bits per heavy atom. The molecule has 4 nitrogen and oxygen atoms in total. The molecule has 2 aromatic rings. The van der Waals surface area contributed by atoms with Gasteiger partial charge in [0.2, 0.25) is 0 Å². The van der Waals surface area contributed by atoms with E-state index in [0.29, 0.717) is 15.9 Å². The third-order valence-corrected chi connectivity index (χ3v) is 3.22. The van der Waals surface area contributed by atoms with Gasteiger partial charge < -0.3 is 15.2 Å². The zero-order valence-electron chi connectivity index (χ0n) is 10.2. The summed E-state index contributed by atoms with van der Waals surface area (Å²) in [5, 5.41) is 12.5. The van der Waals surface area contributed by atoms with Crippen molar-refractivity contribution in [3.8, 4) is 11.5 Å². The van der Waals surface area contributed by atoms with Crippen LogP contribution in [-0.2, 0) is 0 Å². The Balaban J connectivity index is 2.18. The highest BCUT2D eigenvalue weighted by Gasteiger charge is 2.13. The average Bonchev–Trinajstić information content (AvgIpc) is 2.42. The first-order chi connectivity index (χ1) is 9.11. The Morgan fingerprint density at radius 1 is 1.21 bits per heavy atom. The quantitative estimate of drug-likeness (QED) is 0.910. The highest BCUT2D eigenvalue weighted by atomic mass is 79.9. The molecular weight excluding hydrogens is 310 g/mol. The van der Waals surface area contributed by atoms with Gasteiger partial charge in [-0.3, -0.25) is 4.79 Å². The van der Waals surface area contributed by atoms with Gasteiger partial charge in [-0.15, -0.1) is 0 Å². The summed E-state index contributed by atoms with van der Waals surface area (Å²) >= 11 is 3.17. The van der Waals surface area contributed by atoms with Gasteiger partial charge in [0.05, 0.1) is 17.1 Å². The normalized spacial score (nSPS) is 10.0. The molecule has 0 aliphatic carbocycles.